The Balaban J connectivity index is 1.50. The first kappa shape index (κ1) is 37.5. The van der Waals surface area contributed by atoms with E-state index in [1.807, 2.05) is 45.4 Å². The lowest BCUT2D eigenvalue weighted by Gasteiger charge is -2.36. The zero-order valence-corrected chi connectivity index (χ0v) is 31.8. The highest BCUT2D eigenvalue weighted by molar-refractivity contribution is 5.95. The Morgan fingerprint density at radius 3 is 2.64 bits per heavy atom. The van der Waals surface area contributed by atoms with Gasteiger partial charge in [0, 0.05) is 67.7 Å². The van der Waals surface area contributed by atoms with Gasteiger partial charge in [-0.1, -0.05) is 46.3 Å². The first-order chi connectivity index (χ1) is 25.2. The van der Waals surface area contributed by atoms with Crippen molar-refractivity contribution in [3.63, 3.8) is 0 Å². The molecule has 2 aromatic heterocycles. The van der Waals surface area contributed by atoms with E-state index in [9.17, 15) is 19.5 Å². The fourth-order valence-corrected chi connectivity index (χ4v) is 7.84. The van der Waals surface area contributed by atoms with Crippen molar-refractivity contribution in [1.29, 1.82) is 0 Å². The van der Waals surface area contributed by atoms with Gasteiger partial charge < -0.3 is 24.6 Å². The minimum atomic E-state index is -1.03. The lowest BCUT2D eigenvalue weighted by molar-refractivity contribution is -0.155. The number of aryl methyl sites for hydroxylation is 2. The van der Waals surface area contributed by atoms with Crippen LogP contribution < -0.4 is 10.7 Å². The summed E-state index contributed by atoms with van der Waals surface area (Å²) in [6.45, 7) is 11.3. The van der Waals surface area contributed by atoms with Crippen LogP contribution in [0.15, 0.2) is 48.8 Å². The van der Waals surface area contributed by atoms with E-state index in [0.717, 1.165) is 45.4 Å². The summed E-state index contributed by atoms with van der Waals surface area (Å²) in [4.78, 5) is 43.2. The van der Waals surface area contributed by atoms with Gasteiger partial charge in [0.25, 0.3) is 5.91 Å². The molecule has 12 heteroatoms. The molecule has 4 aromatic rings. The minimum absolute atomic E-state index is 0.0408. The van der Waals surface area contributed by atoms with Crippen LogP contribution in [0.5, 0.6) is 5.75 Å². The molecule has 1 unspecified atom stereocenters. The highest BCUT2D eigenvalue weighted by Crippen LogP contribution is 2.40. The third-order valence-electron chi connectivity index (χ3n) is 10.3. The number of likely N-dealkylation sites (N-methyl/N-ethyl adjacent to an activating group) is 1. The van der Waals surface area contributed by atoms with E-state index in [1.165, 1.54) is 9.91 Å². The van der Waals surface area contributed by atoms with Gasteiger partial charge in [0.05, 0.1) is 18.5 Å². The topological polar surface area (TPSA) is 134 Å². The van der Waals surface area contributed by atoms with E-state index < -0.39 is 35.4 Å². The first-order valence-electron chi connectivity index (χ1n) is 18.4. The number of carbonyl (C=O) groups is 3. The molecule has 2 aliphatic rings. The number of esters is 1. The van der Waals surface area contributed by atoms with Crippen molar-refractivity contribution in [1.82, 2.24) is 35.0 Å². The van der Waals surface area contributed by atoms with Crippen LogP contribution in [0, 0.1) is 23.8 Å². The number of cyclic esters (lactones) is 1. The van der Waals surface area contributed by atoms with Crippen molar-refractivity contribution in [3.05, 3.63) is 59.9 Å². The quantitative estimate of drug-likeness (QED) is 0.149. The summed E-state index contributed by atoms with van der Waals surface area (Å²) >= 11 is 0. The molecule has 280 valence electrons. The smallest absolute Gasteiger partial charge is 0.324 e. The Bertz CT molecular complexity index is 2070. The van der Waals surface area contributed by atoms with Crippen LogP contribution in [0.3, 0.4) is 0 Å². The van der Waals surface area contributed by atoms with Gasteiger partial charge in [0.2, 0.25) is 5.91 Å². The van der Waals surface area contributed by atoms with E-state index in [-0.39, 0.29) is 30.6 Å². The molecule has 1 saturated heterocycles. The Morgan fingerprint density at radius 1 is 1.19 bits per heavy atom. The monoisotopic (exact) mass is 721 g/mol. The molecule has 6 rings (SSSR count). The number of amides is 2. The minimum Gasteiger partial charge on any atom is -0.508 e. The molecule has 3 N–H and O–H groups in total. The van der Waals surface area contributed by atoms with Crippen molar-refractivity contribution in [2.75, 3.05) is 20.2 Å². The number of ether oxygens (including phenoxy) is 1. The first-order valence-corrected chi connectivity index (χ1v) is 18.4. The summed E-state index contributed by atoms with van der Waals surface area (Å²) < 4.78 is 10.1. The summed E-state index contributed by atoms with van der Waals surface area (Å²) in [6.07, 6.45) is 11.3. The van der Waals surface area contributed by atoms with Crippen molar-refractivity contribution in [3.8, 4) is 40.6 Å². The molecule has 2 amide bonds. The summed E-state index contributed by atoms with van der Waals surface area (Å²) in [5.41, 5.74) is 9.20. The molecule has 12 nitrogen and oxygen atoms in total. The number of fused-ring (bicyclic) bond motifs is 6. The fourth-order valence-electron chi connectivity index (χ4n) is 7.84. The van der Waals surface area contributed by atoms with Crippen LogP contribution >= 0.6 is 0 Å². The van der Waals surface area contributed by atoms with Crippen LogP contribution in [0.25, 0.3) is 33.3 Å². The Morgan fingerprint density at radius 2 is 1.96 bits per heavy atom. The van der Waals surface area contributed by atoms with Crippen LogP contribution in [0.2, 0.25) is 0 Å². The van der Waals surface area contributed by atoms with Crippen LogP contribution in [-0.2, 0) is 45.6 Å². The van der Waals surface area contributed by atoms with Crippen molar-refractivity contribution >= 4 is 28.7 Å². The van der Waals surface area contributed by atoms with Crippen LogP contribution in [0.1, 0.15) is 58.6 Å². The molecule has 0 spiro atoms. The number of aromatic nitrogens is 3. The number of phenolic OH excluding ortho intramolecular Hbond substituents is 1. The van der Waals surface area contributed by atoms with Crippen LogP contribution in [-0.4, -0.2) is 85.5 Å². The molecule has 4 heterocycles. The molecule has 53 heavy (non-hydrogen) atoms. The zero-order chi connectivity index (χ0) is 38.2. The van der Waals surface area contributed by atoms with Crippen LogP contribution in [0.4, 0.5) is 0 Å². The molecule has 1 fully saturated rings. The van der Waals surface area contributed by atoms with Crippen molar-refractivity contribution in [2.24, 2.45) is 18.4 Å². The molecule has 0 aliphatic carbocycles. The molecule has 3 atom stereocenters. The van der Waals surface area contributed by atoms with Gasteiger partial charge in [-0.15, -0.1) is 0 Å². The predicted molar refractivity (Wildman–Crippen MR) is 204 cm³/mol. The molecule has 6 bridgehead atoms. The maximum Gasteiger partial charge on any atom is 0.324 e. The molecular weight excluding hydrogens is 670 g/mol. The van der Waals surface area contributed by atoms with Gasteiger partial charge in [-0.3, -0.25) is 24.1 Å². The average molecular weight is 722 g/mol. The highest BCUT2D eigenvalue weighted by Gasteiger charge is 2.36. The highest BCUT2D eigenvalue weighted by atomic mass is 16.5. The largest absolute Gasteiger partial charge is 0.508 e. The number of nitrogens with zero attached hydrogens (tertiary/aromatic N) is 5. The van der Waals surface area contributed by atoms with Gasteiger partial charge >= 0.3 is 5.97 Å². The Labute approximate surface area is 311 Å². The fraction of sp³-hybridized carbons (Fsp3) is 0.463. The second-order valence-electron chi connectivity index (χ2n) is 15.6. The third-order valence-corrected chi connectivity index (χ3v) is 10.3. The second-order valence-corrected chi connectivity index (χ2v) is 15.6. The van der Waals surface area contributed by atoms with E-state index in [4.69, 9.17) is 11.2 Å². The van der Waals surface area contributed by atoms with Crippen molar-refractivity contribution in [2.45, 2.75) is 85.0 Å². The number of nitrogens with one attached hydrogen (secondary N) is 2. The number of rotatable bonds is 6. The molecule has 0 radical (unpaired) electrons. The van der Waals surface area contributed by atoms with E-state index in [0.29, 0.717) is 31.4 Å². The molecule has 2 aromatic carbocycles. The normalized spacial score (nSPS) is 19.7. The number of hydrogen-bond donors (Lipinski definition) is 3. The van der Waals surface area contributed by atoms with E-state index >= 15 is 0 Å². The average Bonchev–Trinajstić information content (AvgIpc) is 3.68. The van der Waals surface area contributed by atoms with E-state index in [2.05, 4.69) is 59.4 Å². The third kappa shape index (κ3) is 7.76. The molecule has 2 aliphatic heterocycles. The lowest BCUT2D eigenvalue weighted by atomic mass is 9.84. The number of terminal acetylenes is 1. The Kier molecular flexibility index (Phi) is 10.6. The lowest BCUT2D eigenvalue weighted by Crippen LogP contribution is -2.61. The van der Waals surface area contributed by atoms with Gasteiger partial charge in [0.15, 0.2) is 0 Å². The second kappa shape index (κ2) is 15.0. The predicted octanol–water partition coefficient (Wildman–Crippen LogP) is 4.63. The van der Waals surface area contributed by atoms with Gasteiger partial charge in [0.1, 0.15) is 23.9 Å². The maximum absolute atomic E-state index is 14.3. The van der Waals surface area contributed by atoms with Gasteiger partial charge in [-0.2, -0.15) is 5.10 Å². The SMILES string of the molecule is C#CN(C)C(C(=O)N[C@H]1Cc2cc(O)cc(c2)-c2ccc3c(c2)c(c(-c2cnn(C)c2)n3CC)CC(C)(C)COC(=O)[C@@H]2CCCN(N2)C1=O)C(C)C. The number of aromatic hydroxyl groups is 1. The maximum atomic E-state index is 14.3. The molecular formula is C41H51N7O5. The number of hydrazine groups is 1. The summed E-state index contributed by atoms with van der Waals surface area (Å²) in [6, 6.07) is 11.7. The summed E-state index contributed by atoms with van der Waals surface area (Å²) in [7, 11) is 3.57. The van der Waals surface area contributed by atoms with Gasteiger partial charge in [-0.25, -0.2) is 5.43 Å². The number of hydrogen-bond acceptors (Lipinski definition) is 8. The number of benzene rings is 2. The molecule has 0 saturated carbocycles. The Hall–Kier alpha value is -5.28. The van der Waals surface area contributed by atoms with Gasteiger partial charge in [-0.05, 0) is 78.6 Å². The number of carbonyl (C=O) groups excluding carboxylic acids is 3. The van der Waals surface area contributed by atoms with E-state index in [1.54, 1.807) is 23.9 Å². The van der Waals surface area contributed by atoms with Crippen molar-refractivity contribution < 1.29 is 24.2 Å². The zero-order valence-electron chi connectivity index (χ0n) is 31.8. The standard InChI is InChI=1S/C41H51N7O5/c1-9-45(7)36(25(3)4)38(50)43-34-18-26-16-28(19-30(49)17-26)27-13-14-35-31(20-27)32(37(47(35)10-2)29-22-42-46(8)23-29)21-41(5,6)24-53-40(52)33-12-11-15-48(44-33)39(34)51/h1,13-14,16-17,19-20,22-23,25,33-34,36,44,49H,10-12,15,18,21,24H2,2-8H3,(H,43,50)/t33-,34-,36?/m0/s1. The summed E-state index contributed by atoms with van der Waals surface area (Å²) in [5.74, 6) is -1.33. The summed E-state index contributed by atoms with van der Waals surface area (Å²) in [5, 5.41) is 21.0. The number of phenols is 1.